The van der Waals surface area contributed by atoms with Crippen LogP contribution in [0.1, 0.15) is 63.6 Å². The van der Waals surface area contributed by atoms with Crippen LogP contribution in [0.25, 0.3) is 0 Å². The summed E-state index contributed by atoms with van der Waals surface area (Å²) in [5.41, 5.74) is 0.212. The molecule has 6 nitrogen and oxygen atoms in total. The second kappa shape index (κ2) is 7.21. The first-order valence-electron chi connectivity index (χ1n) is 9.23. The van der Waals surface area contributed by atoms with E-state index >= 15 is 0 Å². The van der Waals surface area contributed by atoms with Gasteiger partial charge in [0.2, 0.25) is 11.8 Å². The van der Waals surface area contributed by atoms with Gasteiger partial charge in [0.15, 0.2) is 5.82 Å². The van der Waals surface area contributed by atoms with Crippen molar-refractivity contribution in [2.75, 3.05) is 13.7 Å². The Morgan fingerprint density at radius 2 is 2.17 bits per heavy atom. The third kappa shape index (κ3) is 3.21. The molecule has 2 atom stereocenters. The van der Waals surface area contributed by atoms with Crippen LogP contribution in [0.3, 0.4) is 0 Å². The fourth-order valence-corrected chi connectivity index (χ4v) is 4.58. The van der Waals surface area contributed by atoms with Crippen LogP contribution >= 0.6 is 0 Å². The molecule has 6 heteroatoms. The van der Waals surface area contributed by atoms with Crippen LogP contribution in [-0.2, 0) is 16.0 Å². The summed E-state index contributed by atoms with van der Waals surface area (Å²) < 4.78 is 11.1. The molecular weight excluding hydrogens is 306 g/mol. The number of hydrogen-bond acceptors (Lipinski definition) is 5. The molecule has 0 aromatic carbocycles. The molecule has 3 rings (SSSR count). The molecule has 134 valence electrons. The van der Waals surface area contributed by atoms with Gasteiger partial charge in [-0.15, -0.1) is 0 Å². The Bertz CT molecular complexity index is 566. The maximum atomic E-state index is 12.6. The molecule has 1 spiro atoms. The van der Waals surface area contributed by atoms with Crippen molar-refractivity contribution >= 4 is 5.91 Å². The molecule has 0 bridgehead atoms. The molecule has 24 heavy (non-hydrogen) atoms. The van der Waals surface area contributed by atoms with Gasteiger partial charge in [0.05, 0.1) is 6.10 Å². The summed E-state index contributed by atoms with van der Waals surface area (Å²) in [4.78, 5) is 18.8. The highest BCUT2D eigenvalue weighted by Gasteiger charge is 2.58. The van der Waals surface area contributed by atoms with Gasteiger partial charge in [0.1, 0.15) is 0 Å². The molecule has 1 amide bonds. The molecule has 2 saturated carbocycles. The topological polar surface area (TPSA) is 68.5 Å². The number of nitrogens with zero attached hydrogens (tertiary/aromatic N) is 3. The number of aromatic nitrogens is 2. The third-order valence-corrected chi connectivity index (χ3v) is 5.86. The van der Waals surface area contributed by atoms with Gasteiger partial charge in [-0.25, -0.2) is 0 Å². The van der Waals surface area contributed by atoms with Gasteiger partial charge in [-0.2, -0.15) is 4.98 Å². The Hall–Kier alpha value is -1.43. The highest BCUT2D eigenvalue weighted by atomic mass is 16.5. The van der Waals surface area contributed by atoms with Crippen molar-refractivity contribution in [1.82, 2.24) is 15.0 Å². The highest BCUT2D eigenvalue weighted by molar-refractivity contribution is 5.76. The van der Waals surface area contributed by atoms with Gasteiger partial charge in [0, 0.05) is 38.0 Å². The van der Waals surface area contributed by atoms with Crippen LogP contribution < -0.4 is 0 Å². The zero-order valence-electron chi connectivity index (χ0n) is 15.1. The average molecular weight is 335 g/mol. The summed E-state index contributed by atoms with van der Waals surface area (Å²) in [7, 11) is 1.96. The number of carbonyl (C=O) groups is 1. The van der Waals surface area contributed by atoms with Crippen molar-refractivity contribution in [1.29, 1.82) is 0 Å². The zero-order valence-corrected chi connectivity index (χ0v) is 15.1. The minimum atomic E-state index is 0.212. The smallest absolute Gasteiger partial charge is 0.226 e. The largest absolute Gasteiger partial charge is 0.378 e. The van der Waals surface area contributed by atoms with Crippen LogP contribution in [0.5, 0.6) is 0 Å². The van der Waals surface area contributed by atoms with Gasteiger partial charge in [-0.1, -0.05) is 18.0 Å². The molecule has 2 fully saturated rings. The zero-order chi connectivity index (χ0) is 17.2. The van der Waals surface area contributed by atoms with Crippen molar-refractivity contribution < 1.29 is 14.1 Å². The minimum Gasteiger partial charge on any atom is -0.378 e. The second-order valence-electron chi connectivity index (χ2n) is 7.23. The molecule has 0 N–H and O–H groups in total. The molecule has 0 saturated heterocycles. The highest BCUT2D eigenvalue weighted by Crippen LogP contribution is 2.56. The van der Waals surface area contributed by atoms with E-state index < -0.39 is 0 Å². The van der Waals surface area contributed by atoms with E-state index in [1.165, 1.54) is 25.7 Å². The van der Waals surface area contributed by atoms with E-state index in [0.29, 0.717) is 36.7 Å². The van der Waals surface area contributed by atoms with Crippen LogP contribution in [0, 0.1) is 12.3 Å². The predicted molar refractivity (Wildman–Crippen MR) is 89.5 cm³/mol. The molecule has 1 heterocycles. The maximum Gasteiger partial charge on any atom is 0.226 e. The number of aryl methyl sites for hydroxylation is 2. The lowest BCUT2D eigenvalue weighted by Crippen LogP contribution is -2.63. The van der Waals surface area contributed by atoms with Crippen LogP contribution in [0.15, 0.2) is 4.52 Å². The predicted octanol–water partition coefficient (Wildman–Crippen LogP) is 2.90. The summed E-state index contributed by atoms with van der Waals surface area (Å²) in [6, 6.07) is 0.342. The Morgan fingerprint density at radius 1 is 1.42 bits per heavy atom. The van der Waals surface area contributed by atoms with Crippen molar-refractivity contribution in [2.45, 2.75) is 77.4 Å². The van der Waals surface area contributed by atoms with Gasteiger partial charge in [-0.3, -0.25) is 4.79 Å². The molecule has 0 aliphatic heterocycles. The quantitative estimate of drug-likeness (QED) is 0.766. The van der Waals surface area contributed by atoms with Crippen molar-refractivity contribution in [2.24, 2.45) is 5.41 Å². The van der Waals surface area contributed by atoms with Crippen molar-refractivity contribution in [3.8, 4) is 0 Å². The van der Waals surface area contributed by atoms with E-state index in [4.69, 9.17) is 9.26 Å². The van der Waals surface area contributed by atoms with Crippen LogP contribution in [-0.4, -0.2) is 46.7 Å². The number of amides is 1. The Morgan fingerprint density at radius 3 is 2.79 bits per heavy atom. The Labute approximate surface area is 143 Å². The van der Waals surface area contributed by atoms with E-state index in [1.54, 1.807) is 6.92 Å². The van der Waals surface area contributed by atoms with Gasteiger partial charge < -0.3 is 14.2 Å². The maximum absolute atomic E-state index is 12.6. The molecule has 1 aromatic heterocycles. The molecular formula is C18H29N3O3. The molecule has 1 aromatic rings. The molecule has 2 aliphatic carbocycles. The first-order valence-corrected chi connectivity index (χ1v) is 9.23. The lowest BCUT2D eigenvalue weighted by molar-refractivity contribution is -0.172. The molecule has 0 radical (unpaired) electrons. The number of ether oxygens (including phenoxy) is 1. The number of hydrogen-bond donors (Lipinski definition) is 0. The van der Waals surface area contributed by atoms with Crippen molar-refractivity contribution in [3.63, 3.8) is 0 Å². The lowest BCUT2D eigenvalue weighted by atomic mass is 9.60. The van der Waals surface area contributed by atoms with Crippen LogP contribution in [0.2, 0.25) is 0 Å². The van der Waals surface area contributed by atoms with Gasteiger partial charge in [-0.05, 0) is 39.5 Å². The lowest BCUT2D eigenvalue weighted by Gasteiger charge is -2.57. The van der Waals surface area contributed by atoms with Crippen molar-refractivity contribution in [3.05, 3.63) is 11.7 Å². The van der Waals surface area contributed by atoms with E-state index in [0.717, 1.165) is 19.4 Å². The average Bonchev–Trinajstić information content (AvgIpc) is 3.21. The third-order valence-electron chi connectivity index (χ3n) is 5.86. The van der Waals surface area contributed by atoms with Gasteiger partial charge in [0.25, 0.3) is 0 Å². The Balaban J connectivity index is 1.51. The molecule has 2 unspecified atom stereocenters. The monoisotopic (exact) mass is 335 g/mol. The van der Waals surface area contributed by atoms with E-state index in [9.17, 15) is 4.79 Å². The first kappa shape index (κ1) is 17.4. The van der Waals surface area contributed by atoms with Gasteiger partial charge >= 0.3 is 0 Å². The first-order chi connectivity index (χ1) is 11.6. The van der Waals surface area contributed by atoms with E-state index in [1.807, 2.05) is 11.9 Å². The summed E-state index contributed by atoms with van der Waals surface area (Å²) in [5.74, 6) is 1.49. The van der Waals surface area contributed by atoms with Crippen LogP contribution in [0.4, 0.5) is 0 Å². The minimum absolute atomic E-state index is 0.212. The van der Waals surface area contributed by atoms with E-state index in [-0.39, 0.29) is 11.3 Å². The fourth-order valence-electron chi connectivity index (χ4n) is 4.58. The number of carbonyl (C=O) groups excluding carboxylic acids is 1. The fraction of sp³-hybridized carbons (Fsp3) is 0.833. The normalized spacial score (nSPS) is 25.0. The summed E-state index contributed by atoms with van der Waals surface area (Å²) in [6.45, 7) is 4.63. The standard InChI is InChI=1S/C18H29N3O3/c1-4-23-15-12-14(18(15)10-5-6-11-18)21(3)17(22)9-7-8-16-19-13(2)20-24-16/h14-15H,4-12H2,1-3H3. The molecule has 2 aliphatic rings. The second-order valence-corrected chi connectivity index (χ2v) is 7.23. The Kier molecular flexibility index (Phi) is 5.23. The summed E-state index contributed by atoms with van der Waals surface area (Å²) in [5, 5.41) is 3.78. The summed E-state index contributed by atoms with van der Waals surface area (Å²) in [6.07, 6.45) is 8.19. The summed E-state index contributed by atoms with van der Waals surface area (Å²) >= 11 is 0. The SMILES string of the molecule is CCOC1CC(N(C)C(=O)CCCc2nc(C)no2)C12CCCC2. The van der Waals surface area contributed by atoms with E-state index in [2.05, 4.69) is 17.1 Å². The number of rotatable bonds is 7.